The highest BCUT2D eigenvalue weighted by molar-refractivity contribution is 5.76. The third-order valence-corrected chi connectivity index (χ3v) is 18.8. The van der Waals surface area contributed by atoms with Gasteiger partial charge in [-0.1, -0.05) is 289 Å². The van der Waals surface area contributed by atoms with Crippen LogP contribution >= 0.6 is 0 Å². The minimum atomic E-state index is -1.98. The topological polar surface area (TPSA) is 307 Å². The summed E-state index contributed by atoms with van der Waals surface area (Å²) >= 11 is 0. The highest BCUT2D eigenvalue weighted by Crippen LogP contribution is 2.33. The van der Waals surface area contributed by atoms with E-state index in [0.29, 0.717) is 6.42 Å². The SMILES string of the molecule is CCCCCCCCCCCCCCCCCCCCCCC/C=C/C(O)C(COC1OC(CO)C(OC2OC(CO)C(OC3OC(CO)C(O)C(O)C3O)C(O)C2O)C(O)C1O)NC(=O)CCCCCCCCCCCCCCCCCCCCCCCC. The van der Waals surface area contributed by atoms with Gasteiger partial charge in [0.05, 0.1) is 38.6 Å². The second-order valence-electron chi connectivity index (χ2n) is 26.8. The average molecular weight is 1290 g/mol. The molecular weight excluding hydrogens is 1150 g/mol. The molecule has 17 atom stereocenters. The van der Waals surface area contributed by atoms with E-state index in [-0.39, 0.29) is 18.9 Å². The van der Waals surface area contributed by atoms with E-state index in [4.69, 9.17) is 28.4 Å². The van der Waals surface area contributed by atoms with Crippen molar-refractivity contribution in [1.29, 1.82) is 0 Å². The lowest BCUT2D eigenvalue weighted by atomic mass is 9.96. The fourth-order valence-electron chi connectivity index (χ4n) is 12.8. The summed E-state index contributed by atoms with van der Waals surface area (Å²) < 4.78 is 34.4. The van der Waals surface area contributed by atoms with E-state index in [1.165, 1.54) is 231 Å². The van der Waals surface area contributed by atoms with Crippen LogP contribution in [0.25, 0.3) is 0 Å². The van der Waals surface area contributed by atoms with Crippen molar-refractivity contribution in [2.75, 3.05) is 26.4 Å². The quantitative estimate of drug-likeness (QED) is 0.0199. The Kier molecular flexibility index (Phi) is 49.3. The first kappa shape index (κ1) is 82.8. The third-order valence-electron chi connectivity index (χ3n) is 18.8. The largest absolute Gasteiger partial charge is 0.394 e. The maximum absolute atomic E-state index is 13.4. The van der Waals surface area contributed by atoms with E-state index in [9.17, 15) is 61.0 Å². The monoisotopic (exact) mass is 1290 g/mol. The zero-order valence-electron chi connectivity index (χ0n) is 56.4. The van der Waals surface area contributed by atoms with Crippen LogP contribution in [0, 0.1) is 0 Å². The van der Waals surface area contributed by atoms with Gasteiger partial charge in [0.25, 0.3) is 0 Å². The van der Waals surface area contributed by atoms with Gasteiger partial charge in [0.1, 0.15) is 73.2 Å². The van der Waals surface area contributed by atoms with Gasteiger partial charge in [-0.15, -0.1) is 0 Å². The normalized spacial score (nSPS) is 28.0. The van der Waals surface area contributed by atoms with Crippen molar-refractivity contribution in [3.8, 4) is 0 Å². The Hall–Kier alpha value is -1.47. The van der Waals surface area contributed by atoms with E-state index >= 15 is 0 Å². The van der Waals surface area contributed by atoms with E-state index in [0.717, 1.165) is 44.9 Å². The van der Waals surface area contributed by atoms with Gasteiger partial charge in [0, 0.05) is 6.42 Å². The van der Waals surface area contributed by atoms with Gasteiger partial charge in [-0.05, 0) is 19.3 Å². The van der Waals surface area contributed by atoms with Crippen LogP contribution in [-0.4, -0.2) is 193 Å². The summed E-state index contributed by atoms with van der Waals surface area (Å²) in [7, 11) is 0. The molecule has 12 N–H and O–H groups in total. The molecule has 19 heteroatoms. The van der Waals surface area contributed by atoms with Gasteiger partial charge in [-0.25, -0.2) is 0 Å². The standard InChI is InChI=1S/C71H135NO18/c1-3-5-7-9-11-13-15-17-19-21-23-25-27-28-30-32-34-36-38-40-42-44-46-48-55(76)54(72-59(77)49-47-45-43-41-39-37-35-33-31-29-26-24-22-20-18-16-14-12-10-8-6-4-2)53-85-69-65(83)62(80)67(57(51-74)87-69)90-71-66(84)63(81)68(58(52-75)88-71)89-70-64(82)61(79)60(78)56(50-73)86-70/h46,48,54-58,60-71,73-76,78-84H,3-45,47,49-53H2,1-2H3,(H,72,77)/b48-46+. The van der Waals surface area contributed by atoms with E-state index in [1.807, 2.05) is 6.08 Å². The van der Waals surface area contributed by atoms with Gasteiger partial charge in [-0.2, -0.15) is 0 Å². The number of allylic oxidation sites excluding steroid dienone is 1. The summed E-state index contributed by atoms with van der Waals surface area (Å²) in [5.74, 6) is -0.268. The molecule has 3 heterocycles. The van der Waals surface area contributed by atoms with Crippen molar-refractivity contribution in [3.63, 3.8) is 0 Å². The summed E-state index contributed by atoms with van der Waals surface area (Å²) in [6, 6.07) is -0.969. The number of aliphatic hydroxyl groups excluding tert-OH is 11. The first-order valence-electron chi connectivity index (χ1n) is 36.9. The Bertz CT molecular complexity index is 1680. The highest BCUT2D eigenvalue weighted by atomic mass is 16.8. The second kappa shape index (κ2) is 53.6. The van der Waals surface area contributed by atoms with Crippen LogP contribution in [-0.2, 0) is 33.2 Å². The van der Waals surface area contributed by atoms with Crippen LogP contribution in [0.1, 0.15) is 303 Å². The number of hydrogen-bond donors (Lipinski definition) is 12. The van der Waals surface area contributed by atoms with Gasteiger partial charge >= 0.3 is 0 Å². The molecule has 0 aromatic heterocycles. The van der Waals surface area contributed by atoms with E-state index in [2.05, 4.69) is 19.2 Å². The molecule has 3 aliphatic heterocycles. The summed E-state index contributed by atoms with van der Waals surface area (Å²) in [6.45, 7) is 1.79. The fourth-order valence-corrected chi connectivity index (χ4v) is 12.8. The number of amides is 1. The van der Waals surface area contributed by atoms with Crippen LogP contribution in [0.2, 0.25) is 0 Å². The number of unbranched alkanes of at least 4 members (excludes halogenated alkanes) is 42. The molecule has 0 aromatic carbocycles. The molecule has 19 nitrogen and oxygen atoms in total. The zero-order chi connectivity index (χ0) is 65.4. The molecule has 17 unspecified atom stereocenters. The number of carbonyl (C=O) groups is 1. The molecule has 532 valence electrons. The first-order valence-corrected chi connectivity index (χ1v) is 36.9. The molecule has 3 saturated heterocycles. The lowest BCUT2D eigenvalue weighted by Gasteiger charge is -2.48. The lowest BCUT2D eigenvalue weighted by Crippen LogP contribution is -2.66. The summed E-state index contributed by atoms with van der Waals surface area (Å²) in [6.07, 6.45) is 33.3. The summed E-state index contributed by atoms with van der Waals surface area (Å²) in [5.41, 5.74) is 0. The van der Waals surface area contributed by atoms with Crippen LogP contribution in [0.5, 0.6) is 0 Å². The van der Waals surface area contributed by atoms with Crippen molar-refractivity contribution in [2.24, 2.45) is 0 Å². The Morgan fingerprint density at radius 3 is 1.04 bits per heavy atom. The molecule has 0 aromatic rings. The molecule has 0 bridgehead atoms. The molecule has 3 rings (SSSR count). The second-order valence-corrected chi connectivity index (χ2v) is 26.8. The fraction of sp³-hybridized carbons (Fsp3) is 0.958. The number of hydrogen-bond acceptors (Lipinski definition) is 18. The van der Waals surface area contributed by atoms with E-state index in [1.54, 1.807) is 6.08 Å². The Labute approximate surface area is 544 Å². The van der Waals surface area contributed by atoms with Crippen molar-refractivity contribution >= 4 is 5.91 Å². The molecule has 90 heavy (non-hydrogen) atoms. The van der Waals surface area contributed by atoms with Crippen LogP contribution in [0.15, 0.2) is 12.2 Å². The van der Waals surface area contributed by atoms with Crippen LogP contribution < -0.4 is 5.32 Å². The smallest absolute Gasteiger partial charge is 0.220 e. The molecule has 0 aliphatic carbocycles. The van der Waals surface area contributed by atoms with Gasteiger partial charge < -0.3 is 89.9 Å². The number of aliphatic hydroxyl groups is 11. The number of nitrogens with one attached hydrogen (secondary N) is 1. The van der Waals surface area contributed by atoms with Gasteiger partial charge in [0.2, 0.25) is 5.91 Å². The van der Waals surface area contributed by atoms with Crippen molar-refractivity contribution in [2.45, 2.75) is 407 Å². The maximum Gasteiger partial charge on any atom is 0.220 e. The molecule has 3 fully saturated rings. The molecule has 1 amide bonds. The molecule has 3 aliphatic rings. The number of ether oxygens (including phenoxy) is 6. The van der Waals surface area contributed by atoms with Gasteiger partial charge in [0.15, 0.2) is 18.9 Å². The summed E-state index contributed by atoms with van der Waals surface area (Å²) in [5, 5.41) is 121. The summed E-state index contributed by atoms with van der Waals surface area (Å²) in [4.78, 5) is 13.4. The van der Waals surface area contributed by atoms with Crippen molar-refractivity contribution in [1.82, 2.24) is 5.32 Å². The van der Waals surface area contributed by atoms with Crippen LogP contribution in [0.3, 0.4) is 0 Å². The van der Waals surface area contributed by atoms with E-state index < -0.39 is 124 Å². The molecule has 0 spiro atoms. The molecule has 0 saturated carbocycles. The predicted octanol–water partition coefficient (Wildman–Crippen LogP) is 10.4. The predicted molar refractivity (Wildman–Crippen MR) is 351 cm³/mol. The Morgan fingerprint density at radius 2 is 0.689 bits per heavy atom. The zero-order valence-corrected chi connectivity index (χ0v) is 56.4. The molecule has 0 radical (unpaired) electrons. The highest BCUT2D eigenvalue weighted by Gasteiger charge is 2.53. The van der Waals surface area contributed by atoms with Crippen molar-refractivity contribution < 1.29 is 89.4 Å². The molecular formula is C71H135NO18. The first-order chi connectivity index (χ1) is 43.8. The number of carbonyl (C=O) groups excluding carboxylic acids is 1. The maximum atomic E-state index is 13.4. The minimum absolute atomic E-state index is 0.250. The van der Waals surface area contributed by atoms with Crippen molar-refractivity contribution in [3.05, 3.63) is 12.2 Å². The Balaban J connectivity index is 1.42. The average Bonchev–Trinajstić information content (AvgIpc) is 1.16. The number of rotatable bonds is 58. The third kappa shape index (κ3) is 35.0. The van der Waals surface area contributed by atoms with Gasteiger partial charge in [-0.3, -0.25) is 4.79 Å². The Morgan fingerprint density at radius 1 is 0.389 bits per heavy atom. The lowest BCUT2D eigenvalue weighted by molar-refractivity contribution is -0.379. The van der Waals surface area contributed by atoms with Crippen LogP contribution in [0.4, 0.5) is 0 Å². The minimum Gasteiger partial charge on any atom is -0.394 e.